The lowest BCUT2D eigenvalue weighted by atomic mass is 10.1. The Bertz CT molecular complexity index is 3420. The number of para-hydroxylation sites is 3. The molecule has 12 rings (SSSR count). The molecule has 0 amide bonds. The Balaban J connectivity index is 0.000000162. The molecule has 0 aliphatic rings. The van der Waals surface area contributed by atoms with E-state index in [1.54, 1.807) is 0 Å². The number of aromatic carboxylic acids is 2. The number of carbonyl (C=O) groups is 2. The first kappa shape index (κ1) is 65.2. The molecule has 89 heavy (non-hydrogen) atoms. The van der Waals surface area contributed by atoms with Gasteiger partial charge in [0, 0.05) is 0 Å². The lowest BCUT2D eigenvalue weighted by molar-refractivity contribution is -0.255. The number of rotatable bonds is 10. The molecule has 15 heteroatoms. The molecule has 446 valence electrons. The summed E-state index contributed by atoms with van der Waals surface area (Å²) >= 11 is 0. The fraction of sp³-hybridized carbons (Fsp3) is 0. The van der Waals surface area contributed by atoms with Crippen LogP contribution in [0, 0.1) is 0 Å². The molecule has 0 aliphatic carbocycles. The summed E-state index contributed by atoms with van der Waals surface area (Å²) in [4.78, 5) is 20.5. The molecule has 0 aliphatic heterocycles. The van der Waals surface area contributed by atoms with Gasteiger partial charge in [0.25, 0.3) is 0 Å². The van der Waals surface area contributed by atoms with Crippen LogP contribution in [0.25, 0.3) is 0 Å². The predicted octanol–water partition coefficient (Wildman–Crippen LogP) is 9.44. The van der Waals surface area contributed by atoms with Crippen LogP contribution in [0.3, 0.4) is 0 Å². The van der Waals surface area contributed by atoms with E-state index >= 15 is 0 Å². The molecular weight excluding hydrogens is 1160 g/mol. The number of phenols is 9. The van der Waals surface area contributed by atoms with Crippen LogP contribution in [0.15, 0.2) is 322 Å². The van der Waals surface area contributed by atoms with Crippen LogP contribution in [-0.4, -0.2) is 57.9 Å². The van der Waals surface area contributed by atoms with Gasteiger partial charge in [-0.15, -0.1) is 0 Å². The van der Waals surface area contributed by atoms with Gasteiger partial charge in [0.1, 0.15) is 57.0 Å². The third-order valence-electron chi connectivity index (χ3n) is 13.5. The zero-order chi connectivity index (χ0) is 63.6. The van der Waals surface area contributed by atoms with Crippen molar-refractivity contribution >= 4 is 68.9 Å². The second-order valence-corrected chi connectivity index (χ2v) is 25.9. The van der Waals surface area contributed by atoms with Crippen molar-refractivity contribution in [2.45, 2.75) is 0 Å². The second-order valence-electron chi connectivity index (χ2n) is 19.1. The maximum absolute atomic E-state index is 10.3. The number of hydrogen-bond acceptors (Lipinski definition) is 13. The van der Waals surface area contributed by atoms with Crippen molar-refractivity contribution in [3.8, 4) is 51.7 Å². The zero-order valence-electron chi connectivity index (χ0n) is 47.7. The first-order chi connectivity index (χ1) is 43.1. The molecule has 0 aromatic heterocycles. The van der Waals surface area contributed by atoms with Crippen LogP contribution in [-0.2, 0) is 0 Å². The summed E-state index contributed by atoms with van der Waals surface area (Å²) in [6.07, 6.45) is 0. The monoisotopic (exact) mass is 1220 g/mol. The van der Waals surface area contributed by atoms with Gasteiger partial charge in [-0.25, -0.2) is 0 Å². The van der Waals surface area contributed by atoms with Crippen molar-refractivity contribution < 1.29 is 65.8 Å². The summed E-state index contributed by atoms with van der Waals surface area (Å²) in [5, 5.41) is 110. The summed E-state index contributed by atoms with van der Waals surface area (Å²) in [6, 6.07) is 104. The quantitative estimate of drug-likeness (QED) is 0.0457. The largest absolute Gasteiger partial charge is 0.545 e. The Kier molecular flexibility index (Phi) is 23.6. The topological polar surface area (TPSA) is 262 Å². The Morgan fingerprint density at radius 2 is 0.360 bits per heavy atom. The molecule has 0 heterocycles. The molecule has 0 atom stereocenters. The minimum absolute atomic E-state index is 0.170. The molecule has 12 aromatic rings. The van der Waals surface area contributed by atoms with E-state index in [0.29, 0.717) is 0 Å². The molecule has 0 spiro atoms. The summed E-state index contributed by atoms with van der Waals surface area (Å²) in [7, 11) is -3.81. The first-order valence-electron chi connectivity index (χ1n) is 27.5. The lowest BCUT2D eigenvalue weighted by Gasteiger charge is -2.27. The van der Waals surface area contributed by atoms with Crippen LogP contribution in [0.1, 0.15) is 20.7 Å². The number of hydrogen-bond donors (Lipinski definition) is 9. The second kappa shape index (κ2) is 32.2. The third kappa shape index (κ3) is 16.5. The fourth-order valence-corrected chi connectivity index (χ4v) is 17.9. The molecule has 13 nitrogen and oxygen atoms in total. The minimum Gasteiger partial charge on any atom is -0.545 e. The highest BCUT2D eigenvalue weighted by Crippen LogP contribution is 2.55. The molecule has 0 radical (unpaired) electrons. The van der Waals surface area contributed by atoms with Crippen molar-refractivity contribution in [1.29, 1.82) is 0 Å². The molecule has 12 aromatic carbocycles. The number of phenolic OH excluding ortho intramolecular Hbond substituents is 9. The molecule has 0 saturated carbocycles. The Morgan fingerprint density at radius 3 is 0.494 bits per heavy atom. The molecule has 0 saturated heterocycles. The standard InChI is InChI=1S/2C24H20P.C8H6O4.3C6H6O3/c2*1-5-13-21(14-6-1)25(22-15-7-2-8-16-22,23-17-9-3-10-18-23)24-19-11-4-12-20-24;9-7(10)5-2-1-3-6(4-5)8(11)12;3*7-4-2-1-3-5(8)6(4)9/h2*1-20H;1-4H,(H,9,10)(H,11,12);3*1-3,7-9H/q2*+1;;;;/p-2. The SMILES string of the molecule is O=C([O-])c1cccc(C(=O)[O-])c1.Oc1cccc(O)c1O.Oc1cccc(O)c1O.Oc1cccc(O)c1O.c1ccc([P+](c2ccccc2)(c2ccccc2)c2ccccc2)cc1.c1ccc([P+](c2ccccc2)(c2ccccc2)c2ccccc2)cc1. The van der Waals surface area contributed by atoms with Gasteiger partial charge in [-0.3, -0.25) is 0 Å². The van der Waals surface area contributed by atoms with Crippen LogP contribution in [0.2, 0.25) is 0 Å². The van der Waals surface area contributed by atoms with E-state index in [4.69, 9.17) is 46.0 Å². The van der Waals surface area contributed by atoms with Gasteiger partial charge in [0.05, 0.1) is 11.9 Å². The van der Waals surface area contributed by atoms with Gasteiger partial charge in [0.2, 0.25) is 0 Å². The highest BCUT2D eigenvalue weighted by Gasteiger charge is 2.48. The van der Waals surface area contributed by atoms with Crippen LogP contribution >= 0.6 is 14.5 Å². The number of carbonyl (C=O) groups excluding carboxylic acids is 2. The zero-order valence-corrected chi connectivity index (χ0v) is 49.4. The summed E-state index contributed by atoms with van der Waals surface area (Å²) < 4.78 is 0. The molecular formula is C74H62O13P2. The summed E-state index contributed by atoms with van der Waals surface area (Å²) in [5.74, 6) is -6.09. The van der Waals surface area contributed by atoms with Crippen LogP contribution < -0.4 is 52.6 Å². The van der Waals surface area contributed by atoms with E-state index < -0.39 is 43.7 Å². The van der Waals surface area contributed by atoms with Crippen molar-refractivity contribution in [2.24, 2.45) is 0 Å². The summed E-state index contributed by atoms with van der Waals surface area (Å²) in [6.45, 7) is 0. The highest BCUT2D eigenvalue weighted by atomic mass is 31.2. The third-order valence-corrected chi connectivity index (χ3v) is 22.0. The van der Waals surface area contributed by atoms with Gasteiger partial charge >= 0.3 is 0 Å². The van der Waals surface area contributed by atoms with Crippen molar-refractivity contribution in [2.75, 3.05) is 0 Å². The first-order valence-corrected chi connectivity index (χ1v) is 31.0. The van der Waals surface area contributed by atoms with Gasteiger partial charge < -0.3 is 65.8 Å². The van der Waals surface area contributed by atoms with Gasteiger partial charge in [-0.2, -0.15) is 0 Å². The van der Waals surface area contributed by atoms with Gasteiger partial charge in [-0.05, 0) is 151 Å². The number of aromatic hydroxyl groups is 9. The van der Waals surface area contributed by atoms with Crippen molar-refractivity contribution in [3.05, 3.63) is 333 Å². The Morgan fingerprint density at radius 1 is 0.213 bits per heavy atom. The molecule has 0 bridgehead atoms. The number of carboxylic acids is 2. The maximum atomic E-state index is 10.3. The van der Waals surface area contributed by atoms with E-state index in [0.717, 1.165) is 6.07 Å². The van der Waals surface area contributed by atoms with Gasteiger partial charge in [-0.1, -0.05) is 182 Å². The smallest absolute Gasteiger partial charge is 0.200 e. The van der Waals surface area contributed by atoms with E-state index in [9.17, 15) is 19.8 Å². The van der Waals surface area contributed by atoms with E-state index in [2.05, 4.69) is 243 Å². The average Bonchev–Trinajstić information content (AvgIpc) is 1.02. The fourth-order valence-electron chi connectivity index (χ4n) is 9.33. The average molecular weight is 1220 g/mol. The lowest BCUT2D eigenvalue weighted by Crippen LogP contribution is -2.38. The highest BCUT2D eigenvalue weighted by molar-refractivity contribution is 8.02. The van der Waals surface area contributed by atoms with E-state index in [1.807, 2.05) is 0 Å². The van der Waals surface area contributed by atoms with Crippen molar-refractivity contribution in [3.63, 3.8) is 0 Å². The van der Waals surface area contributed by atoms with Crippen LogP contribution in [0.4, 0.5) is 0 Å². The number of benzene rings is 12. The predicted molar refractivity (Wildman–Crippen MR) is 352 cm³/mol. The molecule has 9 N–H and O–H groups in total. The van der Waals surface area contributed by atoms with Crippen molar-refractivity contribution in [1.82, 2.24) is 0 Å². The van der Waals surface area contributed by atoms with Gasteiger partial charge in [0.15, 0.2) is 51.7 Å². The normalized spacial score (nSPS) is 10.4. The Labute approximate surface area is 516 Å². The van der Waals surface area contributed by atoms with Crippen LogP contribution in [0.5, 0.6) is 51.7 Å². The molecule has 0 unspecified atom stereocenters. The maximum Gasteiger partial charge on any atom is 0.200 e. The Hall–Kier alpha value is -11.4. The van der Waals surface area contributed by atoms with E-state index in [1.165, 1.54) is 115 Å². The number of carboxylic acid groups (broad SMARTS) is 2. The molecule has 0 fully saturated rings. The summed E-state index contributed by atoms with van der Waals surface area (Å²) in [5.41, 5.74) is -0.339. The van der Waals surface area contributed by atoms with E-state index in [-0.39, 0.29) is 45.6 Å². The minimum atomic E-state index is -1.91.